The summed E-state index contributed by atoms with van der Waals surface area (Å²) in [5, 5.41) is 4.04. The van der Waals surface area contributed by atoms with Crippen LogP contribution in [0.4, 0.5) is 10.1 Å². The molecule has 0 aliphatic carbocycles. The Kier molecular flexibility index (Phi) is 8.54. The average molecular weight is 565 g/mol. The van der Waals surface area contributed by atoms with Gasteiger partial charge in [-0.15, -0.1) is 0 Å². The highest BCUT2D eigenvalue weighted by molar-refractivity contribution is 7.92. The van der Waals surface area contributed by atoms with Gasteiger partial charge in [-0.25, -0.2) is 18.2 Å². The normalized spacial score (nSPS) is 11.4. The third-order valence-corrected chi connectivity index (χ3v) is 8.02. The number of sulfonamides is 1. The molecular weight excluding hydrogens is 535 g/mol. The summed E-state index contributed by atoms with van der Waals surface area (Å²) >= 11 is 0. The number of rotatable bonds is 10. The first-order valence-electron chi connectivity index (χ1n) is 12.2. The molecule has 1 N–H and O–H groups in total. The van der Waals surface area contributed by atoms with Crippen molar-refractivity contribution in [2.24, 2.45) is 5.10 Å². The number of ether oxygens (including phenoxy) is 2. The van der Waals surface area contributed by atoms with E-state index in [2.05, 4.69) is 10.5 Å². The quantitative estimate of drug-likeness (QED) is 0.224. The number of anilines is 1. The van der Waals surface area contributed by atoms with Crippen LogP contribution in [-0.2, 0) is 14.8 Å². The molecular formula is C29H29FN4O5S. The molecule has 0 unspecified atom stereocenters. The standard InChI is InChI=1S/C29H29FN4O5S/c1-20-17-22(21(2)34(20)26-10-6-5-9-25(26)30)18-31-32-29(35)19-33(27-11-7-8-12-28(27)39-4)40(36,37)24-15-13-23(38-3)14-16-24/h5-18H,19H2,1-4H3,(H,32,35)/b31-18-. The lowest BCUT2D eigenvalue weighted by Gasteiger charge is -2.25. The zero-order valence-electron chi connectivity index (χ0n) is 22.5. The monoisotopic (exact) mass is 564 g/mol. The summed E-state index contributed by atoms with van der Waals surface area (Å²) in [4.78, 5) is 12.9. The number of carbonyl (C=O) groups excluding carboxylic acids is 1. The van der Waals surface area contributed by atoms with E-state index in [-0.39, 0.29) is 22.1 Å². The minimum atomic E-state index is -4.18. The van der Waals surface area contributed by atoms with Gasteiger partial charge in [-0.1, -0.05) is 24.3 Å². The van der Waals surface area contributed by atoms with Gasteiger partial charge in [-0.05, 0) is 68.4 Å². The molecule has 0 aliphatic rings. The van der Waals surface area contributed by atoms with Crippen molar-refractivity contribution in [2.75, 3.05) is 25.1 Å². The van der Waals surface area contributed by atoms with E-state index in [1.807, 2.05) is 19.9 Å². The summed E-state index contributed by atoms with van der Waals surface area (Å²) < 4.78 is 54.9. The third kappa shape index (κ3) is 5.84. The molecule has 0 saturated heterocycles. The Balaban J connectivity index is 1.59. The summed E-state index contributed by atoms with van der Waals surface area (Å²) in [5.74, 6) is -0.279. The molecule has 1 amide bonds. The molecule has 11 heteroatoms. The van der Waals surface area contributed by atoms with Crippen molar-refractivity contribution in [3.63, 3.8) is 0 Å². The SMILES string of the molecule is COc1ccc(S(=O)(=O)N(CC(=O)N/N=C\c2cc(C)n(-c3ccccc3F)c2C)c2ccccc2OC)cc1. The van der Waals surface area contributed by atoms with E-state index in [4.69, 9.17) is 9.47 Å². The van der Waals surface area contributed by atoms with Crippen molar-refractivity contribution in [3.8, 4) is 17.2 Å². The van der Waals surface area contributed by atoms with E-state index in [0.29, 0.717) is 17.0 Å². The molecule has 0 spiro atoms. The fourth-order valence-corrected chi connectivity index (χ4v) is 5.70. The van der Waals surface area contributed by atoms with Crippen LogP contribution in [0, 0.1) is 19.7 Å². The van der Waals surface area contributed by atoms with Gasteiger partial charge >= 0.3 is 0 Å². The molecule has 0 aliphatic heterocycles. The van der Waals surface area contributed by atoms with Gasteiger partial charge in [0.1, 0.15) is 23.9 Å². The van der Waals surface area contributed by atoms with Crippen molar-refractivity contribution in [2.45, 2.75) is 18.7 Å². The van der Waals surface area contributed by atoms with Crippen molar-refractivity contribution in [3.05, 3.63) is 102 Å². The predicted octanol–water partition coefficient (Wildman–Crippen LogP) is 4.60. The smallest absolute Gasteiger partial charge is 0.264 e. The molecule has 208 valence electrons. The highest BCUT2D eigenvalue weighted by Gasteiger charge is 2.29. The number of para-hydroxylation sites is 3. The average Bonchev–Trinajstić information content (AvgIpc) is 3.24. The molecule has 0 fully saturated rings. The Labute approximate surface area is 232 Å². The Morgan fingerprint density at radius 3 is 2.35 bits per heavy atom. The summed E-state index contributed by atoms with van der Waals surface area (Å²) in [6.07, 6.45) is 1.43. The molecule has 3 aromatic carbocycles. The number of aromatic nitrogens is 1. The zero-order valence-corrected chi connectivity index (χ0v) is 23.3. The van der Waals surface area contributed by atoms with Gasteiger partial charge in [-0.2, -0.15) is 5.10 Å². The van der Waals surface area contributed by atoms with Gasteiger partial charge in [-0.3, -0.25) is 9.10 Å². The van der Waals surface area contributed by atoms with Gasteiger partial charge in [0.2, 0.25) is 0 Å². The van der Waals surface area contributed by atoms with Crippen LogP contribution in [0.2, 0.25) is 0 Å². The van der Waals surface area contributed by atoms with E-state index in [9.17, 15) is 17.6 Å². The Morgan fingerprint density at radius 1 is 1.00 bits per heavy atom. The molecule has 0 bridgehead atoms. The number of halogens is 1. The van der Waals surface area contributed by atoms with Crippen LogP contribution in [0.15, 0.2) is 88.9 Å². The number of methoxy groups -OCH3 is 2. The van der Waals surface area contributed by atoms with Gasteiger partial charge < -0.3 is 14.0 Å². The van der Waals surface area contributed by atoms with Crippen molar-refractivity contribution >= 4 is 27.8 Å². The second-order valence-electron chi connectivity index (χ2n) is 8.77. The van der Waals surface area contributed by atoms with Crippen LogP contribution in [0.3, 0.4) is 0 Å². The number of hydrazone groups is 1. The first-order chi connectivity index (χ1) is 19.2. The minimum Gasteiger partial charge on any atom is -0.497 e. The van der Waals surface area contributed by atoms with Crippen LogP contribution in [0.5, 0.6) is 11.5 Å². The lowest BCUT2D eigenvalue weighted by Crippen LogP contribution is -2.39. The van der Waals surface area contributed by atoms with Gasteiger partial charge in [0, 0.05) is 17.0 Å². The van der Waals surface area contributed by atoms with Crippen LogP contribution < -0.4 is 19.2 Å². The van der Waals surface area contributed by atoms with Crippen LogP contribution >= 0.6 is 0 Å². The minimum absolute atomic E-state index is 0.0314. The van der Waals surface area contributed by atoms with E-state index >= 15 is 0 Å². The molecule has 9 nitrogen and oxygen atoms in total. The Hall–Kier alpha value is -4.64. The first-order valence-corrected chi connectivity index (χ1v) is 13.7. The number of hydrogen-bond donors (Lipinski definition) is 1. The molecule has 0 saturated carbocycles. The summed E-state index contributed by atoms with van der Waals surface area (Å²) in [6.45, 7) is 3.08. The van der Waals surface area contributed by atoms with Gasteiger partial charge in [0.15, 0.2) is 0 Å². The van der Waals surface area contributed by atoms with E-state index in [1.165, 1.54) is 50.8 Å². The molecule has 1 aromatic heterocycles. The predicted molar refractivity (Wildman–Crippen MR) is 151 cm³/mol. The number of carbonyl (C=O) groups is 1. The topological polar surface area (TPSA) is 102 Å². The molecule has 0 atom stereocenters. The van der Waals surface area contributed by atoms with Gasteiger partial charge in [0.25, 0.3) is 15.9 Å². The van der Waals surface area contributed by atoms with Crippen molar-refractivity contribution in [1.82, 2.24) is 9.99 Å². The highest BCUT2D eigenvalue weighted by atomic mass is 32.2. The largest absolute Gasteiger partial charge is 0.497 e. The molecule has 1 heterocycles. The fourth-order valence-electron chi connectivity index (χ4n) is 4.27. The maximum atomic E-state index is 14.4. The lowest BCUT2D eigenvalue weighted by atomic mass is 10.2. The lowest BCUT2D eigenvalue weighted by molar-refractivity contribution is -0.119. The molecule has 4 rings (SSSR count). The Morgan fingerprint density at radius 2 is 1.68 bits per heavy atom. The second-order valence-corrected chi connectivity index (χ2v) is 10.6. The van der Waals surface area contributed by atoms with Crippen molar-refractivity contribution < 1.29 is 27.1 Å². The first kappa shape index (κ1) is 28.4. The maximum absolute atomic E-state index is 14.4. The van der Waals surface area contributed by atoms with Crippen LogP contribution in [-0.4, -0.2) is 45.9 Å². The summed E-state index contributed by atoms with van der Waals surface area (Å²) in [5.41, 5.74) is 5.15. The van der Waals surface area contributed by atoms with Crippen LogP contribution in [0.1, 0.15) is 17.0 Å². The van der Waals surface area contributed by atoms with Gasteiger partial charge in [0.05, 0.1) is 36.7 Å². The molecule has 4 aromatic rings. The Bertz CT molecular complexity index is 1650. The number of nitrogens with one attached hydrogen (secondary N) is 1. The van der Waals surface area contributed by atoms with E-state index in [0.717, 1.165) is 15.7 Å². The summed E-state index contributed by atoms with van der Waals surface area (Å²) in [6, 6.07) is 20.6. The summed E-state index contributed by atoms with van der Waals surface area (Å²) in [7, 11) is -1.29. The number of aryl methyl sites for hydroxylation is 1. The second kappa shape index (κ2) is 12.0. The molecule has 40 heavy (non-hydrogen) atoms. The number of hydrogen-bond acceptors (Lipinski definition) is 6. The maximum Gasteiger partial charge on any atom is 0.264 e. The molecule has 0 radical (unpaired) electrons. The van der Waals surface area contributed by atoms with Crippen molar-refractivity contribution in [1.29, 1.82) is 0 Å². The highest BCUT2D eigenvalue weighted by Crippen LogP contribution is 2.32. The number of nitrogens with zero attached hydrogens (tertiary/aromatic N) is 3. The van der Waals surface area contributed by atoms with E-state index < -0.39 is 22.5 Å². The third-order valence-electron chi connectivity index (χ3n) is 6.25. The fraction of sp³-hybridized carbons (Fsp3) is 0.172. The van der Waals surface area contributed by atoms with E-state index in [1.54, 1.807) is 47.0 Å². The zero-order chi connectivity index (χ0) is 28.9. The number of amides is 1. The number of benzene rings is 3. The van der Waals surface area contributed by atoms with Crippen LogP contribution in [0.25, 0.3) is 5.69 Å².